The molecular formula is C11H20N4O3S. The first-order valence-electron chi connectivity index (χ1n) is 5.66. The van der Waals surface area contributed by atoms with Crippen molar-refractivity contribution in [3.8, 4) is 5.88 Å². The molecule has 0 aliphatic heterocycles. The monoisotopic (exact) mass is 288 g/mol. The topological polar surface area (TPSA) is 106 Å². The summed E-state index contributed by atoms with van der Waals surface area (Å²) >= 11 is 0. The molecule has 0 aliphatic rings. The molecule has 0 radical (unpaired) electrons. The van der Waals surface area contributed by atoms with Gasteiger partial charge in [0.2, 0.25) is 15.9 Å². The number of nitrogens with two attached hydrogens (primary N) is 1. The lowest BCUT2D eigenvalue weighted by molar-refractivity contribution is 0.400. The molecule has 0 spiro atoms. The molecule has 0 aliphatic carbocycles. The van der Waals surface area contributed by atoms with Gasteiger partial charge in [0, 0.05) is 12.1 Å². The van der Waals surface area contributed by atoms with Crippen LogP contribution in [0.25, 0.3) is 0 Å². The maximum atomic E-state index is 11.2. The normalized spacial score (nSPS) is 12.2. The second kappa shape index (κ2) is 5.62. The maximum Gasteiger partial charge on any atom is 0.238 e. The molecule has 4 N–H and O–H groups in total. The first-order valence-corrected chi connectivity index (χ1v) is 7.55. The number of rotatable bonds is 6. The van der Waals surface area contributed by atoms with Gasteiger partial charge in [0.1, 0.15) is 5.82 Å². The van der Waals surface area contributed by atoms with Crippen LogP contribution in [0.2, 0.25) is 0 Å². The fourth-order valence-corrected chi connectivity index (χ4v) is 2.64. The second-order valence-corrected chi connectivity index (χ2v) is 6.66. The minimum absolute atomic E-state index is 0.332. The minimum atomic E-state index is -3.26. The number of anilines is 2. The van der Waals surface area contributed by atoms with E-state index in [1.165, 1.54) is 7.11 Å². The van der Waals surface area contributed by atoms with Crippen LogP contribution in [0.15, 0.2) is 12.1 Å². The van der Waals surface area contributed by atoms with Gasteiger partial charge in [0.15, 0.2) is 0 Å². The van der Waals surface area contributed by atoms with E-state index in [0.29, 0.717) is 23.9 Å². The average molecular weight is 288 g/mol. The predicted molar refractivity (Wildman–Crippen MR) is 75.7 cm³/mol. The van der Waals surface area contributed by atoms with E-state index >= 15 is 0 Å². The molecule has 1 aromatic heterocycles. The molecule has 0 atom stereocenters. The number of sulfonamides is 1. The van der Waals surface area contributed by atoms with Crippen LogP contribution in [0.5, 0.6) is 5.88 Å². The number of methoxy groups -OCH3 is 1. The van der Waals surface area contributed by atoms with Crippen molar-refractivity contribution in [3.63, 3.8) is 0 Å². The molecular weight excluding hydrogens is 268 g/mol. The standard InChI is InChI=1S/C11H20N4O3S/c1-11(2,15-19(4,16)17)7-13-9-6-5-8(12)10(14-9)18-3/h5-6,15H,7,12H2,1-4H3,(H,13,14). The predicted octanol–water partition coefficient (Wildman–Crippen LogP) is 0.412. The summed E-state index contributed by atoms with van der Waals surface area (Å²) < 4.78 is 30.0. The SMILES string of the molecule is COc1nc(NCC(C)(C)NS(C)(=O)=O)ccc1N. The Kier molecular flexibility index (Phi) is 4.59. The summed E-state index contributed by atoms with van der Waals surface area (Å²) in [6.07, 6.45) is 1.12. The van der Waals surface area contributed by atoms with Crippen LogP contribution in [-0.4, -0.2) is 38.9 Å². The molecule has 0 bridgehead atoms. The molecule has 0 fully saturated rings. The number of nitrogen functional groups attached to an aromatic ring is 1. The molecule has 19 heavy (non-hydrogen) atoms. The Bertz CT molecular complexity index is 543. The smallest absolute Gasteiger partial charge is 0.238 e. The highest BCUT2D eigenvalue weighted by Crippen LogP contribution is 2.20. The third-order valence-electron chi connectivity index (χ3n) is 2.26. The van der Waals surface area contributed by atoms with E-state index in [2.05, 4.69) is 15.0 Å². The van der Waals surface area contributed by atoms with E-state index < -0.39 is 15.6 Å². The maximum absolute atomic E-state index is 11.2. The van der Waals surface area contributed by atoms with Crippen LogP contribution in [0, 0.1) is 0 Å². The molecule has 0 aromatic carbocycles. The van der Waals surface area contributed by atoms with Gasteiger partial charge in [-0.1, -0.05) is 0 Å². The van der Waals surface area contributed by atoms with Crippen molar-refractivity contribution in [1.29, 1.82) is 0 Å². The van der Waals surface area contributed by atoms with Crippen molar-refractivity contribution in [1.82, 2.24) is 9.71 Å². The summed E-state index contributed by atoms with van der Waals surface area (Å²) in [5.41, 5.74) is 5.47. The Morgan fingerprint density at radius 2 is 2.05 bits per heavy atom. The molecule has 8 heteroatoms. The van der Waals surface area contributed by atoms with Gasteiger partial charge in [-0.25, -0.2) is 13.1 Å². The summed E-state index contributed by atoms with van der Waals surface area (Å²) in [6, 6.07) is 3.37. The van der Waals surface area contributed by atoms with Crippen LogP contribution >= 0.6 is 0 Å². The van der Waals surface area contributed by atoms with E-state index in [-0.39, 0.29) is 0 Å². The number of nitrogens with zero attached hydrogens (tertiary/aromatic N) is 1. The van der Waals surface area contributed by atoms with Gasteiger partial charge >= 0.3 is 0 Å². The summed E-state index contributed by atoms with van der Waals surface area (Å²) in [5, 5.41) is 3.04. The number of pyridine rings is 1. The van der Waals surface area contributed by atoms with Gasteiger partial charge < -0.3 is 15.8 Å². The molecule has 1 rings (SSSR count). The van der Waals surface area contributed by atoms with Crippen molar-refractivity contribution in [2.75, 3.05) is 31.0 Å². The van der Waals surface area contributed by atoms with Crippen LogP contribution in [0.4, 0.5) is 11.5 Å². The first-order chi connectivity index (χ1) is 8.63. The third-order valence-corrected chi connectivity index (χ3v) is 3.18. The lowest BCUT2D eigenvalue weighted by Gasteiger charge is -2.25. The van der Waals surface area contributed by atoms with E-state index in [4.69, 9.17) is 10.5 Å². The largest absolute Gasteiger partial charge is 0.479 e. The van der Waals surface area contributed by atoms with Crippen molar-refractivity contribution in [2.45, 2.75) is 19.4 Å². The van der Waals surface area contributed by atoms with Gasteiger partial charge in [0.05, 0.1) is 19.1 Å². The fourth-order valence-electron chi connectivity index (χ4n) is 1.56. The first kappa shape index (κ1) is 15.5. The summed E-state index contributed by atoms with van der Waals surface area (Å²) in [6.45, 7) is 3.92. The molecule has 7 nitrogen and oxygen atoms in total. The number of hydrogen-bond acceptors (Lipinski definition) is 6. The Labute approximate surface area is 113 Å². The summed E-state index contributed by atoms with van der Waals surface area (Å²) in [7, 11) is -1.78. The zero-order valence-electron chi connectivity index (χ0n) is 11.5. The van der Waals surface area contributed by atoms with Gasteiger partial charge in [-0.15, -0.1) is 0 Å². The highest BCUT2D eigenvalue weighted by Gasteiger charge is 2.22. The van der Waals surface area contributed by atoms with Gasteiger partial charge in [0.25, 0.3) is 0 Å². The molecule has 1 aromatic rings. The van der Waals surface area contributed by atoms with Crippen LogP contribution in [-0.2, 0) is 10.0 Å². The number of ether oxygens (including phenoxy) is 1. The zero-order chi connectivity index (χ0) is 14.7. The molecule has 0 amide bonds. The van der Waals surface area contributed by atoms with E-state index in [1.807, 2.05) is 0 Å². The Hall–Kier alpha value is -1.54. The van der Waals surface area contributed by atoms with Crippen molar-refractivity contribution >= 4 is 21.5 Å². The molecule has 0 saturated carbocycles. The minimum Gasteiger partial charge on any atom is -0.479 e. The van der Waals surface area contributed by atoms with E-state index in [0.717, 1.165) is 6.26 Å². The Morgan fingerprint density at radius 1 is 1.42 bits per heavy atom. The lowest BCUT2D eigenvalue weighted by atomic mass is 10.1. The zero-order valence-corrected chi connectivity index (χ0v) is 12.3. The third kappa shape index (κ3) is 5.31. The van der Waals surface area contributed by atoms with Crippen molar-refractivity contribution in [3.05, 3.63) is 12.1 Å². The molecule has 0 saturated heterocycles. The van der Waals surface area contributed by atoms with E-state index in [1.54, 1.807) is 26.0 Å². The Morgan fingerprint density at radius 3 is 2.58 bits per heavy atom. The van der Waals surface area contributed by atoms with Gasteiger partial charge in [-0.3, -0.25) is 0 Å². The average Bonchev–Trinajstić information content (AvgIpc) is 2.25. The number of nitrogens with one attached hydrogen (secondary N) is 2. The van der Waals surface area contributed by atoms with Crippen molar-refractivity contribution in [2.24, 2.45) is 0 Å². The van der Waals surface area contributed by atoms with Crippen LogP contribution in [0.1, 0.15) is 13.8 Å². The molecule has 108 valence electrons. The Balaban J connectivity index is 2.71. The van der Waals surface area contributed by atoms with Gasteiger partial charge in [-0.05, 0) is 26.0 Å². The number of hydrogen-bond donors (Lipinski definition) is 3. The highest BCUT2D eigenvalue weighted by molar-refractivity contribution is 7.88. The second-order valence-electron chi connectivity index (χ2n) is 4.91. The van der Waals surface area contributed by atoms with Crippen molar-refractivity contribution < 1.29 is 13.2 Å². The highest BCUT2D eigenvalue weighted by atomic mass is 32.2. The lowest BCUT2D eigenvalue weighted by Crippen LogP contribution is -2.47. The van der Waals surface area contributed by atoms with Gasteiger partial charge in [-0.2, -0.15) is 4.98 Å². The fraction of sp³-hybridized carbons (Fsp3) is 0.545. The molecule has 0 unspecified atom stereocenters. The quantitative estimate of drug-likeness (QED) is 0.700. The number of aromatic nitrogens is 1. The molecule has 1 heterocycles. The van der Waals surface area contributed by atoms with Crippen LogP contribution < -0.4 is 20.5 Å². The van der Waals surface area contributed by atoms with Crippen LogP contribution in [0.3, 0.4) is 0 Å². The van der Waals surface area contributed by atoms with E-state index in [9.17, 15) is 8.42 Å². The summed E-state index contributed by atoms with van der Waals surface area (Å²) in [4.78, 5) is 4.15. The summed E-state index contributed by atoms with van der Waals surface area (Å²) in [5.74, 6) is 0.897.